The number of rotatable bonds is 6. The molecule has 0 fully saturated rings. The second-order valence-electron chi connectivity index (χ2n) is 4.57. The Morgan fingerprint density at radius 3 is 3.00 bits per heavy atom. The molecule has 0 radical (unpaired) electrons. The first-order valence-electron chi connectivity index (χ1n) is 6.63. The number of aromatic nitrogens is 1. The van der Waals surface area contributed by atoms with Crippen molar-refractivity contribution >= 4 is 16.8 Å². The molecule has 0 saturated heterocycles. The van der Waals surface area contributed by atoms with Gasteiger partial charge in [0.05, 0.1) is 5.52 Å². The molecule has 0 bridgehead atoms. The van der Waals surface area contributed by atoms with Crippen molar-refractivity contribution in [3.05, 3.63) is 36.5 Å². The lowest BCUT2D eigenvalue weighted by Gasteiger charge is -2.17. The molecule has 2 rings (SSSR count). The minimum absolute atomic E-state index is 0.0229. The summed E-state index contributed by atoms with van der Waals surface area (Å²) in [6, 6.07) is 9.41. The molecule has 1 heterocycles. The Morgan fingerprint density at radius 1 is 1.35 bits per heavy atom. The van der Waals surface area contributed by atoms with Gasteiger partial charge < -0.3 is 15.4 Å². The van der Waals surface area contributed by atoms with Crippen LogP contribution in [0.1, 0.15) is 6.42 Å². The van der Waals surface area contributed by atoms with E-state index in [4.69, 9.17) is 10.5 Å². The molecule has 0 spiro atoms. The number of carbonyl (C=O) groups excluding carboxylic acids is 1. The first-order chi connectivity index (χ1) is 9.72. The summed E-state index contributed by atoms with van der Waals surface area (Å²) >= 11 is 0. The zero-order valence-corrected chi connectivity index (χ0v) is 11.6. The summed E-state index contributed by atoms with van der Waals surface area (Å²) in [6.45, 7) is 1.25. The Morgan fingerprint density at radius 2 is 2.20 bits per heavy atom. The molecule has 0 unspecified atom stereocenters. The lowest BCUT2D eigenvalue weighted by Crippen LogP contribution is -2.33. The molecular formula is C15H19N3O2. The van der Waals surface area contributed by atoms with E-state index in [0.717, 1.165) is 17.3 Å². The molecule has 5 nitrogen and oxygen atoms in total. The van der Waals surface area contributed by atoms with E-state index in [1.807, 2.05) is 30.3 Å². The molecule has 2 aromatic rings. The third-order valence-corrected chi connectivity index (χ3v) is 3.08. The van der Waals surface area contributed by atoms with Crippen molar-refractivity contribution in [2.75, 3.05) is 26.7 Å². The monoisotopic (exact) mass is 273 g/mol. The smallest absolute Gasteiger partial charge is 0.260 e. The van der Waals surface area contributed by atoms with Crippen LogP contribution in [0.4, 0.5) is 0 Å². The Hall–Kier alpha value is -2.14. The van der Waals surface area contributed by atoms with Gasteiger partial charge in [-0.1, -0.05) is 6.07 Å². The molecule has 106 valence electrons. The summed E-state index contributed by atoms with van der Waals surface area (Å²) in [5.41, 5.74) is 6.28. The highest BCUT2D eigenvalue weighted by Gasteiger charge is 2.10. The maximum Gasteiger partial charge on any atom is 0.260 e. The third-order valence-electron chi connectivity index (χ3n) is 3.08. The van der Waals surface area contributed by atoms with Crippen LogP contribution >= 0.6 is 0 Å². The molecule has 0 saturated carbocycles. The molecule has 5 heteroatoms. The number of hydrogen-bond donors (Lipinski definition) is 1. The number of amides is 1. The van der Waals surface area contributed by atoms with Crippen molar-refractivity contribution in [2.45, 2.75) is 6.42 Å². The summed E-state index contributed by atoms with van der Waals surface area (Å²) in [6.07, 6.45) is 2.53. The van der Waals surface area contributed by atoms with E-state index in [9.17, 15) is 4.79 Å². The Balaban J connectivity index is 2.01. The number of ether oxygens (including phenoxy) is 1. The topological polar surface area (TPSA) is 68.5 Å². The molecule has 20 heavy (non-hydrogen) atoms. The van der Waals surface area contributed by atoms with E-state index >= 15 is 0 Å². The van der Waals surface area contributed by atoms with Crippen LogP contribution < -0.4 is 10.5 Å². The average Bonchev–Trinajstić information content (AvgIpc) is 2.50. The lowest BCUT2D eigenvalue weighted by molar-refractivity contribution is -0.132. The van der Waals surface area contributed by atoms with Gasteiger partial charge in [-0.15, -0.1) is 0 Å². The number of hydrogen-bond acceptors (Lipinski definition) is 4. The fraction of sp³-hybridized carbons (Fsp3) is 0.333. The number of nitrogens with zero attached hydrogens (tertiary/aromatic N) is 2. The van der Waals surface area contributed by atoms with Gasteiger partial charge >= 0.3 is 0 Å². The van der Waals surface area contributed by atoms with Gasteiger partial charge in [0, 0.05) is 25.2 Å². The number of benzene rings is 1. The number of likely N-dealkylation sites (N-methyl/N-ethyl adjacent to an activating group) is 1. The summed E-state index contributed by atoms with van der Waals surface area (Å²) in [5, 5.41) is 0.910. The third kappa shape index (κ3) is 3.45. The molecule has 1 aromatic heterocycles. The van der Waals surface area contributed by atoms with Gasteiger partial charge in [-0.2, -0.15) is 0 Å². The van der Waals surface area contributed by atoms with E-state index in [1.165, 1.54) is 0 Å². The Kier molecular flexibility index (Phi) is 4.90. The second kappa shape index (κ2) is 6.86. The molecule has 1 amide bonds. The molecular weight excluding hydrogens is 254 g/mol. The molecule has 0 aliphatic carbocycles. The fourth-order valence-electron chi connectivity index (χ4n) is 1.90. The minimum Gasteiger partial charge on any atom is -0.483 e. The minimum atomic E-state index is -0.0562. The largest absolute Gasteiger partial charge is 0.483 e. The van der Waals surface area contributed by atoms with Crippen LogP contribution in [0.5, 0.6) is 5.75 Å². The van der Waals surface area contributed by atoms with Crippen LogP contribution in [0.2, 0.25) is 0 Å². The van der Waals surface area contributed by atoms with E-state index in [2.05, 4.69) is 4.98 Å². The molecule has 0 atom stereocenters. The van der Waals surface area contributed by atoms with Crippen LogP contribution in [0, 0.1) is 0 Å². The van der Waals surface area contributed by atoms with Crippen molar-refractivity contribution in [1.82, 2.24) is 9.88 Å². The van der Waals surface area contributed by atoms with Crippen molar-refractivity contribution in [3.63, 3.8) is 0 Å². The number of fused-ring (bicyclic) bond motifs is 1. The number of pyridine rings is 1. The average molecular weight is 273 g/mol. The summed E-state index contributed by atoms with van der Waals surface area (Å²) in [7, 11) is 1.76. The van der Waals surface area contributed by atoms with Gasteiger partial charge in [0.1, 0.15) is 5.75 Å². The van der Waals surface area contributed by atoms with Crippen LogP contribution in [0.25, 0.3) is 10.9 Å². The van der Waals surface area contributed by atoms with E-state index in [-0.39, 0.29) is 12.5 Å². The summed E-state index contributed by atoms with van der Waals surface area (Å²) in [4.78, 5) is 17.8. The van der Waals surface area contributed by atoms with Crippen LogP contribution in [-0.2, 0) is 4.79 Å². The lowest BCUT2D eigenvalue weighted by atomic mass is 10.2. The van der Waals surface area contributed by atoms with Crippen molar-refractivity contribution in [1.29, 1.82) is 0 Å². The van der Waals surface area contributed by atoms with Gasteiger partial charge in [-0.3, -0.25) is 9.78 Å². The van der Waals surface area contributed by atoms with Gasteiger partial charge in [0.25, 0.3) is 5.91 Å². The number of carbonyl (C=O) groups is 1. The van der Waals surface area contributed by atoms with Crippen LogP contribution in [0.3, 0.4) is 0 Å². The Labute approximate surface area is 118 Å². The highest BCUT2D eigenvalue weighted by Crippen LogP contribution is 2.23. The predicted molar refractivity (Wildman–Crippen MR) is 78.5 cm³/mol. The maximum atomic E-state index is 11.9. The second-order valence-corrected chi connectivity index (χ2v) is 4.57. The summed E-state index contributed by atoms with van der Waals surface area (Å²) in [5.74, 6) is 0.621. The van der Waals surface area contributed by atoms with Gasteiger partial charge in [-0.25, -0.2) is 0 Å². The van der Waals surface area contributed by atoms with Crippen molar-refractivity contribution in [2.24, 2.45) is 5.73 Å². The molecule has 2 N–H and O–H groups in total. The molecule has 0 aliphatic rings. The fourth-order valence-corrected chi connectivity index (χ4v) is 1.90. The van der Waals surface area contributed by atoms with Crippen LogP contribution in [-0.4, -0.2) is 42.5 Å². The van der Waals surface area contributed by atoms with E-state index in [0.29, 0.717) is 18.8 Å². The quantitative estimate of drug-likeness (QED) is 0.864. The van der Waals surface area contributed by atoms with Crippen molar-refractivity contribution in [3.8, 4) is 5.75 Å². The van der Waals surface area contributed by atoms with Crippen molar-refractivity contribution < 1.29 is 9.53 Å². The van der Waals surface area contributed by atoms with E-state index in [1.54, 1.807) is 18.1 Å². The van der Waals surface area contributed by atoms with E-state index < -0.39 is 0 Å². The molecule has 0 aliphatic heterocycles. The normalized spacial score (nSPS) is 10.5. The highest BCUT2D eigenvalue weighted by atomic mass is 16.5. The number of nitrogens with two attached hydrogens (primary N) is 1. The maximum absolute atomic E-state index is 11.9. The van der Waals surface area contributed by atoms with Gasteiger partial charge in [0.15, 0.2) is 6.61 Å². The highest BCUT2D eigenvalue weighted by molar-refractivity contribution is 5.85. The zero-order chi connectivity index (χ0) is 14.4. The summed E-state index contributed by atoms with van der Waals surface area (Å²) < 4.78 is 5.62. The Bertz CT molecular complexity index is 581. The first-order valence-corrected chi connectivity index (χ1v) is 6.63. The standard InChI is InChI=1S/C15H19N3O2/c1-18(10-4-8-16)15(19)11-20-14-7-2-6-13-12(14)5-3-9-17-13/h2-3,5-7,9H,4,8,10-11,16H2,1H3. The van der Waals surface area contributed by atoms with Gasteiger partial charge in [0.2, 0.25) is 0 Å². The molecule has 1 aromatic carbocycles. The van der Waals surface area contributed by atoms with Gasteiger partial charge in [-0.05, 0) is 37.2 Å². The first kappa shape index (κ1) is 14.3. The van der Waals surface area contributed by atoms with Crippen LogP contribution in [0.15, 0.2) is 36.5 Å². The zero-order valence-electron chi connectivity index (χ0n) is 11.6. The predicted octanol–water partition coefficient (Wildman–Crippen LogP) is 1.42. The SMILES string of the molecule is CN(CCCN)C(=O)COc1cccc2ncccc12.